The number of fused-ring (bicyclic) bond motifs is 3. The lowest BCUT2D eigenvalue weighted by atomic mass is 9.84. The number of nitrogens with one attached hydrogen (secondary N) is 2. The molecule has 5 heteroatoms. The van der Waals surface area contributed by atoms with Crippen LogP contribution >= 0.6 is 0 Å². The fraction of sp³-hybridized carbons (Fsp3) is 1.00. The summed E-state index contributed by atoms with van der Waals surface area (Å²) in [6, 6.07) is 0. The zero-order chi connectivity index (χ0) is 12.7. The molecule has 2 saturated heterocycles. The van der Waals surface area contributed by atoms with Crippen LogP contribution in [-0.4, -0.2) is 43.8 Å². The third-order valence-electron chi connectivity index (χ3n) is 5.16. The van der Waals surface area contributed by atoms with E-state index in [0.29, 0.717) is 5.06 Å². The molecule has 0 aromatic rings. The number of rotatable bonds is 2. The van der Waals surface area contributed by atoms with E-state index < -0.39 is 0 Å². The van der Waals surface area contributed by atoms with Gasteiger partial charge in [-0.2, -0.15) is 0 Å². The van der Waals surface area contributed by atoms with Crippen LogP contribution in [0.4, 0.5) is 0 Å². The number of nitrogens with zero attached hydrogens (tertiary/aromatic N) is 1. The largest absolute Gasteiger partial charge is 0.634 e. The smallest absolute Gasteiger partial charge is 0.153 e. The molecule has 2 fully saturated rings. The number of quaternary nitrogens is 2. The normalized spacial score (nSPS) is 42.9. The van der Waals surface area contributed by atoms with Gasteiger partial charge in [0.15, 0.2) is 5.66 Å². The molecule has 0 aromatic heterocycles. The minimum Gasteiger partial charge on any atom is -0.634 e. The molecule has 2 aliphatic rings. The van der Waals surface area contributed by atoms with Crippen molar-refractivity contribution in [2.45, 2.75) is 49.7 Å². The van der Waals surface area contributed by atoms with Crippen molar-refractivity contribution in [2.24, 2.45) is 0 Å². The highest BCUT2D eigenvalue weighted by atomic mass is 16.5. The first-order valence-corrected chi connectivity index (χ1v) is 6.66. The third kappa shape index (κ3) is 2.00. The maximum absolute atomic E-state index is 12.0. The number of hydroxylamine groups is 4. The van der Waals surface area contributed by atoms with Gasteiger partial charge in [0.2, 0.25) is 0 Å². The summed E-state index contributed by atoms with van der Waals surface area (Å²) in [5.74, 6) is 0. The molecule has 0 aliphatic carbocycles. The topological polar surface area (TPSA) is 58.2 Å². The third-order valence-corrected chi connectivity index (χ3v) is 5.16. The van der Waals surface area contributed by atoms with E-state index in [1.54, 1.807) is 14.1 Å². The summed E-state index contributed by atoms with van der Waals surface area (Å²) in [7, 11) is 5.46. The van der Waals surface area contributed by atoms with E-state index >= 15 is 0 Å². The monoisotopic (exact) mass is 243 g/mol. The summed E-state index contributed by atoms with van der Waals surface area (Å²) >= 11 is 0. The fourth-order valence-electron chi connectivity index (χ4n) is 3.92. The minimum atomic E-state index is -0.284. The molecule has 5 nitrogen and oxygen atoms in total. The van der Waals surface area contributed by atoms with Crippen molar-refractivity contribution < 1.29 is 10.1 Å². The van der Waals surface area contributed by atoms with Crippen molar-refractivity contribution >= 4 is 0 Å². The van der Waals surface area contributed by atoms with Crippen LogP contribution < -0.4 is 10.1 Å². The Morgan fingerprint density at radius 3 is 1.88 bits per heavy atom. The highest BCUT2D eigenvalue weighted by Crippen LogP contribution is 2.35. The molecular formula is C12H25N3O2. The molecule has 2 unspecified atom stereocenters. The van der Waals surface area contributed by atoms with Crippen molar-refractivity contribution in [3.05, 3.63) is 10.4 Å². The van der Waals surface area contributed by atoms with Crippen LogP contribution in [0.2, 0.25) is 0 Å². The number of likely N-dealkylation sites (N-methyl/N-ethyl adjacent to an activating group) is 2. The van der Waals surface area contributed by atoms with E-state index in [4.69, 9.17) is 0 Å². The second-order valence-corrected chi connectivity index (χ2v) is 5.99. The van der Waals surface area contributed by atoms with Gasteiger partial charge in [0.25, 0.3) is 0 Å². The van der Waals surface area contributed by atoms with Crippen molar-refractivity contribution in [1.29, 1.82) is 0 Å². The summed E-state index contributed by atoms with van der Waals surface area (Å²) in [4.78, 5) is 2.18. The first-order chi connectivity index (χ1) is 7.93. The maximum Gasteiger partial charge on any atom is 0.153 e. The highest BCUT2D eigenvalue weighted by molar-refractivity contribution is 4.95. The second kappa shape index (κ2) is 4.48. The Balaban J connectivity index is 2.33. The van der Waals surface area contributed by atoms with Gasteiger partial charge in [0.1, 0.15) is 5.54 Å². The Kier molecular flexibility index (Phi) is 3.49. The minimum absolute atomic E-state index is 0.178. The fourth-order valence-corrected chi connectivity index (χ4v) is 3.92. The van der Waals surface area contributed by atoms with Crippen LogP contribution in [0, 0.1) is 10.4 Å². The number of hydrogen-bond donors (Lipinski definition) is 2. The van der Waals surface area contributed by atoms with Gasteiger partial charge in [-0.15, -0.1) is 0 Å². The van der Waals surface area contributed by atoms with E-state index in [1.807, 2.05) is 7.05 Å². The molecule has 0 amide bonds. The molecule has 2 N–H and O–H groups in total. The molecule has 2 atom stereocenters. The van der Waals surface area contributed by atoms with Gasteiger partial charge in [-0.3, -0.25) is 0 Å². The van der Waals surface area contributed by atoms with Crippen LogP contribution in [0.25, 0.3) is 0 Å². The Hall–Kier alpha value is -0.200. The molecule has 2 heterocycles. The van der Waals surface area contributed by atoms with E-state index in [-0.39, 0.29) is 16.3 Å². The van der Waals surface area contributed by atoms with Gasteiger partial charge in [0, 0.05) is 25.7 Å². The zero-order valence-electron chi connectivity index (χ0n) is 11.2. The SMILES string of the molecule is CN1CC2([NH+](C)[O-])CCCC1([NH+](C)[O-])CCC2. The standard InChI is InChI=1S/C12H25N3O2/c1-13-10-11(14(2)16)6-4-8-12(13,15(3)17)9-5-7-11/h14-15H,4-10H2,1-3H3. The highest BCUT2D eigenvalue weighted by Gasteiger charge is 2.51. The molecule has 0 saturated carbocycles. The average Bonchev–Trinajstić information content (AvgIpc) is 2.43. The lowest BCUT2D eigenvalue weighted by Gasteiger charge is -2.46. The number of hydrogen-bond acceptors (Lipinski definition) is 3. The Morgan fingerprint density at radius 2 is 1.47 bits per heavy atom. The predicted octanol–water partition coefficient (Wildman–Crippen LogP) is -1.25. The molecule has 0 aromatic carbocycles. The molecule has 2 bridgehead atoms. The van der Waals surface area contributed by atoms with Crippen molar-refractivity contribution in [2.75, 3.05) is 27.7 Å². The first-order valence-electron chi connectivity index (χ1n) is 6.66. The van der Waals surface area contributed by atoms with Gasteiger partial charge in [-0.1, -0.05) is 0 Å². The molecule has 0 radical (unpaired) electrons. The molecular weight excluding hydrogens is 218 g/mol. The van der Waals surface area contributed by atoms with Crippen molar-refractivity contribution in [1.82, 2.24) is 4.90 Å². The van der Waals surface area contributed by atoms with Crippen LogP contribution in [0.15, 0.2) is 0 Å². The quantitative estimate of drug-likeness (QED) is 0.596. The van der Waals surface area contributed by atoms with Gasteiger partial charge in [-0.05, 0) is 19.9 Å². The lowest BCUT2D eigenvalue weighted by Crippen LogP contribution is -3.16. The molecule has 2 aliphatic heterocycles. The Labute approximate surface area is 104 Å². The van der Waals surface area contributed by atoms with E-state index in [2.05, 4.69) is 4.90 Å². The summed E-state index contributed by atoms with van der Waals surface area (Å²) < 4.78 is 0. The lowest BCUT2D eigenvalue weighted by molar-refractivity contribution is -0.905. The van der Waals surface area contributed by atoms with Crippen molar-refractivity contribution in [3.8, 4) is 0 Å². The van der Waals surface area contributed by atoms with Crippen LogP contribution in [0.1, 0.15) is 38.5 Å². The van der Waals surface area contributed by atoms with Gasteiger partial charge in [0.05, 0.1) is 20.6 Å². The molecule has 100 valence electrons. The average molecular weight is 243 g/mol. The van der Waals surface area contributed by atoms with Gasteiger partial charge < -0.3 is 20.5 Å². The van der Waals surface area contributed by atoms with Gasteiger partial charge in [-0.25, -0.2) is 4.90 Å². The predicted molar refractivity (Wildman–Crippen MR) is 66.3 cm³/mol. The Bertz CT molecular complexity index is 271. The summed E-state index contributed by atoms with van der Waals surface area (Å²) in [6.45, 7) is 0.766. The molecule has 2 rings (SSSR count). The van der Waals surface area contributed by atoms with E-state index in [9.17, 15) is 10.4 Å². The molecule has 0 spiro atoms. The first kappa shape index (κ1) is 13.2. The summed E-state index contributed by atoms with van der Waals surface area (Å²) in [6.07, 6.45) is 5.78. The van der Waals surface area contributed by atoms with Crippen LogP contribution in [0.5, 0.6) is 0 Å². The van der Waals surface area contributed by atoms with E-state index in [1.165, 1.54) is 0 Å². The summed E-state index contributed by atoms with van der Waals surface area (Å²) in [5, 5.41) is 24.6. The second-order valence-electron chi connectivity index (χ2n) is 5.99. The van der Waals surface area contributed by atoms with Crippen LogP contribution in [-0.2, 0) is 0 Å². The zero-order valence-corrected chi connectivity index (χ0v) is 11.2. The van der Waals surface area contributed by atoms with Crippen LogP contribution in [0.3, 0.4) is 0 Å². The molecule has 17 heavy (non-hydrogen) atoms. The maximum atomic E-state index is 12.0. The van der Waals surface area contributed by atoms with E-state index in [0.717, 1.165) is 45.1 Å². The van der Waals surface area contributed by atoms with Crippen molar-refractivity contribution in [3.63, 3.8) is 0 Å². The Morgan fingerprint density at radius 1 is 0.941 bits per heavy atom. The van der Waals surface area contributed by atoms with Gasteiger partial charge >= 0.3 is 0 Å². The summed E-state index contributed by atoms with van der Waals surface area (Å²) in [5.41, 5.74) is -0.462.